The molecule has 0 aliphatic carbocycles. The van der Waals surface area contributed by atoms with Gasteiger partial charge in [0.15, 0.2) is 0 Å². The molecule has 0 spiro atoms. The van der Waals surface area contributed by atoms with E-state index in [1.165, 1.54) is 0 Å². The minimum atomic E-state index is -2.24. The Morgan fingerprint density at radius 1 is 1.00 bits per heavy atom. The van der Waals surface area contributed by atoms with Gasteiger partial charge in [-0.05, 0) is 0 Å². The molecule has 0 amide bonds. The Labute approximate surface area is 69.4 Å². The summed E-state index contributed by atoms with van der Waals surface area (Å²) in [5, 5.41) is 0. The molecule has 5 heteroatoms. The summed E-state index contributed by atoms with van der Waals surface area (Å²) in [6.07, 6.45) is 0. The summed E-state index contributed by atoms with van der Waals surface area (Å²) >= 11 is -2.24. The number of rotatable bonds is 0. The van der Waals surface area contributed by atoms with Gasteiger partial charge >= 0.3 is 47.6 Å². The Balaban J connectivity index is 0. The molecule has 5 heavy (non-hydrogen) atoms. The fraction of sp³-hybridized carbons (Fsp3) is 0. The topological polar surface area (TPSA) is 0 Å². The molecule has 0 aromatic heterocycles. The molecule has 33 valence electrons. The summed E-state index contributed by atoms with van der Waals surface area (Å²) < 4.78 is 0. The van der Waals surface area contributed by atoms with Gasteiger partial charge in [0.05, 0.1) is 0 Å². The zero-order valence-corrected chi connectivity index (χ0v) is 9.78. The molecule has 0 bridgehead atoms. The maximum absolute atomic E-state index is 5.02. The van der Waals surface area contributed by atoms with Gasteiger partial charge in [0.1, 0.15) is 0 Å². The van der Waals surface area contributed by atoms with Crippen LogP contribution in [0.2, 0.25) is 0 Å². The van der Waals surface area contributed by atoms with E-state index in [1.807, 2.05) is 0 Å². The first kappa shape index (κ1) is 10.9. The van der Waals surface area contributed by atoms with Gasteiger partial charge in [-0.15, -0.1) is 24.0 Å². The van der Waals surface area contributed by atoms with Crippen molar-refractivity contribution >= 4 is 40.9 Å². The van der Waals surface area contributed by atoms with Crippen molar-refractivity contribution in [1.82, 2.24) is 0 Å². The SMILES string of the molecule is I.[Cl][Ce]([Cl])[Cl]. The molecule has 0 atom stereocenters. The van der Waals surface area contributed by atoms with Crippen LogP contribution >= 0.6 is 40.9 Å². The van der Waals surface area contributed by atoms with Gasteiger partial charge in [-0.2, -0.15) is 0 Å². The second kappa shape index (κ2) is 6.98. The molecule has 0 saturated heterocycles. The Morgan fingerprint density at radius 2 is 1.00 bits per heavy atom. The molecule has 0 aromatic rings. The summed E-state index contributed by atoms with van der Waals surface area (Å²) in [6, 6.07) is 0. The Bertz CT molecular complexity index is 11.6. The third kappa shape index (κ3) is 19.5. The van der Waals surface area contributed by atoms with Gasteiger partial charge in [0.2, 0.25) is 0 Å². The second-order valence-electron chi connectivity index (χ2n) is 0.214. The Kier molecular flexibility index (Phi) is 15.2. The molecule has 0 N–H and O–H groups in total. The summed E-state index contributed by atoms with van der Waals surface area (Å²) in [4.78, 5) is 0. The first-order valence-electron chi connectivity index (χ1n) is 0.567. The molecule has 0 fully saturated rings. The van der Waals surface area contributed by atoms with Crippen molar-refractivity contribution in [3.8, 4) is 0 Å². The monoisotopic (exact) mass is 373 g/mol. The van der Waals surface area contributed by atoms with Crippen molar-refractivity contribution in [2.45, 2.75) is 0 Å². The normalized spacial score (nSPS) is 5.40. The first-order chi connectivity index (χ1) is 1.73. The van der Waals surface area contributed by atoms with E-state index >= 15 is 0 Å². The molecular weight excluding hydrogens is 373 g/mol. The fourth-order valence-electron chi connectivity index (χ4n) is 0. The fourth-order valence-corrected chi connectivity index (χ4v) is 0. The van der Waals surface area contributed by atoms with Crippen molar-refractivity contribution in [1.29, 1.82) is 0 Å². The van der Waals surface area contributed by atoms with E-state index in [0.717, 1.165) is 0 Å². The second-order valence-corrected chi connectivity index (χ2v) is 14.0. The van der Waals surface area contributed by atoms with Crippen molar-refractivity contribution in [3.05, 3.63) is 0 Å². The van der Waals surface area contributed by atoms with Crippen molar-refractivity contribution in [2.24, 2.45) is 0 Å². The van der Waals surface area contributed by atoms with E-state index in [4.69, 9.17) is 16.9 Å². The molecule has 0 radical (unpaired) electrons. The third-order valence-corrected chi connectivity index (χ3v) is 0. The van der Waals surface area contributed by atoms with Gasteiger partial charge in [-0.1, -0.05) is 0 Å². The van der Waals surface area contributed by atoms with E-state index in [2.05, 4.69) is 0 Å². The molecule has 0 rings (SSSR count). The molecule has 0 saturated carbocycles. The van der Waals surface area contributed by atoms with Crippen LogP contribution in [0.15, 0.2) is 0 Å². The van der Waals surface area contributed by atoms with Crippen LogP contribution in [0.5, 0.6) is 0 Å². The van der Waals surface area contributed by atoms with Gasteiger partial charge in [0.25, 0.3) is 0 Å². The number of halogens is 4. The minimum absolute atomic E-state index is 0. The first-order valence-corrected chi connectivity index (χ1v) is 12.4. The van der Waals surface area contributed by atoms with Crippen LogP contribution in [0.25, 0.3) is 0 Å². The Hall–Kier alpha value is 2.98. The van der Waals surface area contributed by atoms with Crippen LogP contribution < -0.4 is 0 Å². The number of hydrogen-bond donors (Lipinski definition) is 0. The van der Waals surface area contributed by atoms with Crippen LogP contribution in [0.1, 0.15) is 0 Å². The Morgan fingerprint density at radius 3 is 1.00 bits per heavy atom. The van der Waals surface area contributed by atoms with Crippen molar-refractivity contribution < 1.29 is 30.7 Å². The standard InChI is InChI=1S/Ce.3ClH.HI/h;4*1H/q+3;;;;/p-3. The van der Waals surface area contributed by atoms with Crippen LogP contribution in [-0.4, -0.2) is 0 Å². The molecule has 0 aliphatic rings. The van der Waals surface area contributed by atoms with Gasteiger partial charge in [-0.3, -0.25) is 0 Å². The van der Waals surface area contributed by atoms with E-state index < -0.39 is 30.7 Å². The predicted octanol–water partition coefficient (Wildman–Crippen LogP) is 2.69. The molecule has 0 aliphatic heterocycles. The molecule has 0 heterocycles. The van der Waals surface area contributed by atoms with Crippen molar-refractivity contribution in [3.63, 3.8) is 0 Å². The van der Waals surface area contributed by atoms with E-state index in [9.17, 15) is 0 Å². The summed E-state index contributed by atoms with van der Waals surface area (Å²) in [6.45, 7) is 0. The molecule has 0 unspecified atom stereocenters. The van der Waals surface area contributed by atoms with Crippen LogP contribution in [0.4, 0.5) is 0 Å². The molecular formula is HCeCl3I. The summed E-state index contributed by atoms with van der Waals surface area (Å²) in [5.74, 6) is 0. The van der Waals surface area contributed by atoms with Gasteiger partial charge in [0, 0.05) is 0 Å². The van der Waals surface area contributed by atoms with Crippen LogP contribution in [-0.2, 0) is 0 Å². The molecule has 0 aromatic carbocycles. The summed E-state index contributed by atoms with van der Waals surface area (Å²) in [5.41, 5.74) is 15.1. The average molecular weight is 374 g/mol. The van der Waals surface area contributed by atoms with Crippen molar-refractivity contribution in [2.75, 3.05) is 0 Å². The predicted molar refractivity (Wildman–Crippen MR) is 33.0 cm³/mol. The molecule has 0 nitrogen and oxygen atoms in total. The van der Waals surface area contributed by atoms with E-state index in [0.29, 0.717) is 0 Å². The number of hydrogen-bond acceptors (Lipinski definition) is 0. The van der Waals surface area contributed by atoms with E-state index in [-0.39, 0.29) is 24.0 Å². The zero-order chi connectivity index (χ0) is 3.58. The van der Waals surface area contributed by atoms with Crippen LogP contribution in [0, 0.1) is 30.7 Å². The van der Waals surface area contributed by atoms with E-state index in [1.54, 1.807) is 0 Å². The quantitative estimate of drug-likeness (QED) is 0.572. The summed E-state index contributed by atoms with van der Waals surface area (Å²) in [7, 11) is 0. The third-order valence-electron chi connectivity index (χ3n) is 0. The zero-order valence-electron chi connectivity index (χ0n) is 2.04. The van der Waals surface area contributed by atoms with Gasteiger partial charge in [-0.25, -0.2) is 0 Å². The maximum atomic E-state index is 5.02. The van der Waals surface area contributed by atoms with Gasteiger partial charge < -0.3 is 0 Å². The average Bonchev–Trinajstić information content (AvgIpc) is 0.811. The van der Waals surface area contributed by atoms with Crippen LogP contribution in [0.3, 0.4) is 0 Å².